The van der Waals surface area contributed by atoms with Gasteiger partial charge in [-0.05, 0) is 46.1 Å². The van der Waals surface area contributed by atoms with Gasteiger partial charge in [0, 0.05) is 13.0 Å². The van der Waals surface area contributed by atoms with Gasteiger partial charge in [0.1, 0.15) is 10.5 Å². The van der Waals surface area contributed by atoms with Crippen molar-refractivity contribution in [2.75, 3.05) is 6.54 Å². The van der Waals surface area contributed by atoms with E-state index in [1.165, 1.54) is 16.9 Å². The number of hydrogen-bond donors (Lipinski definition) is 2. The van der Waals surface area contributed by atoms with Gasteiger partial charge >= 0.3 is 6.09 Å². The second-order valence-electron chi connectivity index (χ2n) is 8.98. The monoisotopic (exact) mass is 429 g/mol. The maximum atomic E-state index is 13.1. The third kappa shape index (κ3) is 6.05. The molecule has 1 aliphatic rings. The van der Waals surface area contributed by atoms with Crippen LogP contribution < -0.4 is 10.6 Å². The van der Waals surface area contributed by atoms with Crippen LogP contribution in [-0.4, -0.2) is 34.7 Å². The summed E-state index contributed by atoms with van der Waals surface area (Å²) in [5.41, 5.74) is 0.929. The molecule has 1 fully saturated rings. The van der Waals surface area contributed by atoms with E-state index >= 15 is 0 Å². The Hall–Kier alpha value is -2.41. The predicted molar refractivity (Wildman–Crippen MR) is 119 cm³/mol. The molecule has 0 radical (unpaired) electrons. The number of hydrogen-bond acceptors (Lipinski definition) is 5. The number of rotatable bonds is 6. The first kappa shape index (κ1) is 22.3. The largest absolute Gasteiger partial charge is 0.444 e. The summed E-state index contributed by atoms with van der Waals surface area (Å²) in [6.07, 6.45) is 3.98. The molecule has 3 rings (SSSR count). The summed E-state index contributed by atoms with van der Waals surface area (Å²) in [7, 11) is 0. The first-order chi connectivity index (χ1) is 14.2. The minimum absolute atomic E-state index is 0.114. The number of aromatic nitrogens is 1. The molecule has 1 saturated carbocycles. The van der Waals surface area contributed by atoms with E-state index in [1.54, 1.807) is 0 Å². The number of aryl methyl sites for hydroxylation is 1. The van der Waals surface area contributed by atoms with E-state index in [-0.39, 0.29) is 5.91 Å². The van der Waals surface area contributed by atoms with E-state index in [9.17, 15) is 9.59 Å². The van der Waals surface area contributed by atoms with Crippen LogP contribution in [0.3, 0.4) is 0 Å². The molecule has 0 unspecified atom stereocenters. The fourth-order valence-electron chi connectivity index (χ4n) is 3.76. The number of nitrogens with zero attached hydrogens (tertiary/aromatic N) is 1. The highest BCUT2D eigenvalue weighted by Gasteiger charge is 2.37. The highest BCUT2D eigenvalue weighted by Crippen LogP contribution is 2.30. The van der Waals surface area contributed by atoms with Crippen molar-refractivity contribution in [1.29, 1.82) is 0 Å². The number of nitrogens with one attached hydrogen (secondary N) is 2. The smallest absolute Gasteiger partial charge is 0.407 e. The molecule has 1 aliphatic carbocycles. The first-order valence-electron chi connectivity index (χ1n) is 10.5. The Labute approximate surface area is 182 Å². The number of alkyl carbamates (subject to hydrolysis) is 1. The molecule has 0 bridgehead atoms. The van der Waals surface area contributed by atoms with Gasteiger partial charge in [0.05, 0.1) is 16.2 Å². The molecule has 7 heteroatoms. The van der Waals surface area contributed by atoms with E-state index in [2.05, 4.69) is 27.8 Å². The van der Waals surface area contributed by atoms with E-state index < -0.39 is 17.2 Å². The maximum Gasteiger partial charge on any atom is 0.407 e. The Morgan fingerprint density at radius 3 is 2.47 bits per heavy atom. The van der Waals surface area contributed by atoms with Crippen LogP contribution in [0.25, 0.3) is 0 Å². The summed E-state index contributed by atoms with van der Waals surface area (Å²) < 4.78 is 5.34. The highest BCUT2D eigenvalue weighted by atomic mass is 32.1. The lowest BCUT2D eigenvalue weighted by atomic mass is 9.97. The molecule has 30 heavy (non-hydrogen) atoms. The maximum absolute atomic E-state index is 13.1. The molecule has 0 atom stereocenters. The molecule has 1 aromatic heterocycles. The summed E-state index contributed by atoms with van der Waals surface area (Å²) in [5, 5.41) is 6.98. The van der Waals surface area contributed by atoms with Crippen LogP contribution in [0.1, 0.15) is 72.4 Å². The van der Waals surface area contributed by atoms with Crippen molar-refractivity contribution in [2.45, 2.75) is 70.9 Å². The number of ether oxygens (including phenoxy) is 1. The van der Waals surface area contributed by atoms with Gasteiger partial charge in [0.15, 0.2) is 0 Å². The molecular formula is C23H31N3O3S. The van der Waals surface area contributed by atoms with Crippen molar-refractivity contribution >= 4 is 23.3 Å². The lowest BCUT2D eigenvalue weighted by Gasteiger charge is -2.31. The van der Waals surface area contributed by atoms with E-state index in [0.29, 0.717) is 17.8 Å². The van der Waals surface area contributed by atoms with Crippen molar-refractivity contribution in [2.24, 2.45) is 0 Å². The Kier molecular flexibility index (Phi) is 6.81. The fraction of sp³-hybridized carbons (Fsp3) is 0.522. The second-order valence-corrected chi connectivity index (χ2v) is 10.1. The van der Waals surface area contributed by atoms with Gasteiger partial charge in [-0.3, -0.25) is 4.79 Å². The quantitative estimate of drug-likeness (QED) is 0.703. The molecule has 0 saturated heterocycles. The summed E-state index contributed by atoms with van der Waals surface area (Å²) in [6.45, 7) is 7.74. The predicted octanol–water partition coefficient (Wildman–Crippen LogP) is 4.61. The lowest BCUT2D eigenvalue weighted by molar-refractivity contribution is 0.0505. The minimum Gasteiger partial charge on any atom is -0.444 e. The Morgan fingerprint density at radius 1 is 1.17 bits per heavy atom. The van der Waals surface area contributed by atoms with Crippen molar-refractivity contribution in [3.8, 4) is 0 Å². The molecule has 1 aromatic carbocycles. The standard InChI is InChI=1S/C23H31N3O3S/c1-16-19(30-18(25-16)14-17-10-6-5-7-11-17)20(27)26-23(12-8-9-13-23)15-24-21(28)29-22(2,3)4/h5-7,10-11H,8-9,12-15H2,1-4H3,(H,24,28)(H,26,27). The molecule has 162 valence electrons. The van der Waals surface area contributed by atoms with Crippen LogP contribution in [0.2, 0.25) is 0 Å². The molecule has 1 heterocycles. The SMILES string of the molecule is Cc1nc(Cc2ccccc2)sc1C(=O)NC1(CNC(=O)OC(C)(C)C)CCCC1. The van der Waals surface area contributed by atoms with E-state index in [4.69, 9.17) is 4.74 Å². The van der Waals surface area contributed by atoms with Gasteiger partial charge in [-0.15, -0.1) is 11.3 Å². The van der Waals surface area contributed by atoms with Crippen LogP contribution in [0.5, 0.6) is 0 Å². The van der Waals surface area contributed by atoms with Crippen molar-refractivity contribution in [3.63, 3.8) is 0 Å². The van der Waals surface area contributed by atoms with Crippen LogP contribution >= 0.6 is 11.3 Å². The summed E-state index contributed by atoms with van der Waals surface area (Å²) >= 11 is 1.44. The molecule has 2 amide bonds. The molecular weight excluding hydrogens is 398 g/mol. The van der Waals surface area contributed by atoms with Crippen LogP contribution in [0.15, 0.2) is 30.3 Å². The normalized spacial score (nSPS) is 15.6. The topological polar surface area (TPSA) is 80.3 Å². The van der Waals surface area contributed by atoms with E-state index in [0.717, 1.165) is 36.4 Å². The van der Waals surface area contributed by atoms with Crippen LogP contribution in [-0.2, 0) is 11.2 Å². The van der Waals surface area contributed by atoms with Gasteiger partial charge in [0.25, 0.3) is 5.91 Å². The van der Waals surface area contributed by atoms with Gasteiger partial charge in [-0.2, -0.15) is 0 Å². The zero-order valence-electron chi connectivity index (χ0n) is 18.2. The molecule has 2 N–H and O–H groups in total. The Balaban J connectivity index is 1.66. The van der Waals surface area contributed by atoms with Crippen molar-refractivity contribution in [1.82, 2.24) is 15.6 Å². The number of thiazole rings is 1. The summed E-state index contributed by atoms with van der Waals surface area (Å²) in [6, 6.07) is 10.1. The Morgan fingerprint density at radius 2 is 1.83 bits per heavy atom. The zero-order valence-corrected chi connectivity index (χ0v) is 19.0. The third-order valence-electron chi connectivity index (χ3n) is 5.15. The van der Waals surface area contributed by atoms with Gasteiger partial charge < -0.3 is 15.4 Å². The zero-order chi connectivity index (χ0) is 21.8. The average molecular weight is 430 g/mol. The van der Waals surface area contributed by atoms with Gasteiger partial charge in [-0.25, -0.2) is 9.78 Å². The second kappa shape index (κ2) is 9.16. The number of benzene rings is 1. The lowest BCUT2D eigenvalue weighted by Crippen LogP contribution is -2.54. The van der Waals surface area contributed by atoms with E-state index in [1.807, 2.05) is 45.9 Å². The van der Waals surface area contributed by atoms with Crippen molar-refractivity contribution < 1.29 is 14.3 Å². The molecule has 2 aromatic rings. The first-order valence-corrected chi connectivity index (χ1v) is 11.3. The number of amides is 2. The Bertz CT molecular complexity index is 881. The fourth-order valence-corrected chi connectivity index (χ4v) is 4.75. The molecule has 6 nitrogen and oxygen atoms in total. The number of carbonyl (C=O) groups is 2. The average Bonchev–Trinajstić information content (AvgIpc) is 3.26. The summed E-state index contributed by atoms with van der Waals surface area (Å²) in [4.78, 5) is 30.4. The van der Waals surface area contributed by atoms with Crippen LogP contribution in [0.4, 0.5) is 4.79 Å². The third-order valence-corrected chi connectivity index (χ3v) is 6.31. The highest BCUT2D eigenvalue weighted by molar-refractivity contribution is 7.13. The van der Waals surface area contributed by atoms with Crippen molar-refractivity contribution in [3.05, 3.63) is 51.5 Å². The van der Waals surface area contributed by atoms with Gasteiger partial charge in [-0.1, -0.05) is 43.2 Å². The van der Waals surface area contributed by atoms with Crippen LogP contribution in [0, 0.1) is 6.92 Å². The molecule has 0 aliphatic heterocycles. The minimum atomic E-state index is -0.551. The summed E-state index contributed by atoms with van der Waals surface area (Å²) in [5.74, 6) is -0.114. The van der Waals surface area contributed by atoms with Gasteiger partial charge in [0.2, 0.25) is 0 Å². The molecule has 0 spiro atoms. The number of carbonyl (C=O) groups excluding carboxylic acids is 2.